The molecule has 0 aromatic heterocycles. The number of rotatable bonds is 1. The van der Waals surface area contributed by atoms with Crippen molar-refractivity contribution in [3.8, 4) is 0 Å². The van der Waals surface area contributed by atoms with E-state index in [1.807, 2.05) is 0 Å². The molecule has 144 valence electrons. The van der Waals surface area contributed by atoms with Gasteiger partial charge in [0.1, 0.15) is 11.6 Å². The number of Topliss-reactive ketones (excluding diaryl/α,β-unsaturated/α-hetero) is 2. The standard InChI is InChI=1S/C24H36O2/c1-15(25)16-9-13-24(6)18-7-8-19-21(2,3)20(26)11-12-22(19,4)17(18)10-14-23(16,24)5/h16,19H,7-14H2,1-6H3/t16-,19+,22+,23+,24+/m0/s1. The SMILES string of the molecule is CC(=O)[C@@H]1CC[C@]2(C)C3=C(CC[C@]12C)[C@@]1(C)CCC(=O)C(C)(C)[C@H]1CC3. The van der Waals surface area contributed by atoms with Crippen molar-refractivity contribution < 1.29 is 9.59 Å². The highest BCUT2D eigenvalue weighted by molar-refractivity contribution is 5.86. The molecule has 0 aliphatic heterocycles. The topological polar surface area (TPSA) is 34.1 Å². The van der Waals surface area contributed by atoms with Crippen LogP contribution in [0.15, 0.2) is 11.1 Å². The van der Waals surface area contributed by atoms with Gasteiger partial charge in [-0.05, 0) is 74.0 Å². The predicted octanol–water partition coefficient (Wildman–Crippen LogP) is 5.89. The zero-order valence-electron chi connectivity index (χ0n) is 17.6. The predicted molar refractivity (Wildman–Crippen MR) is 105 cm³/mol. The van der Waals surface area contributed by atoms with Gasteiger partial charge in [0.25, 0.3) is 0 Å². The van der Waals surface area contributed by atoms with E-state index in [2.05, 4.69) is 34.6 Å². The summed E-state index contributed by atoms with van der Waals surface area (Å²) < 4.78 is 0. The van der Waals surface area contributed by atoms with Crippen molar-refractivity contribution in [1.82, 2.24) is 0 Å². The van der Waals surface area contributed by atoms with Crippen molar-refractivity contribution in [3.63, 3.8) is 0 Å². The molecule has 0 amide bonds. The van der Waals surface area contributed by atoms with Crippen LogP contribution >= 0.6 is 0 Å². The van der Waals surface area contributed by atoms with E-state index in [4.69, 9.17) is 0 Å². The zero-order valence-corrected chi connectivity index (χ0v) is 17.6. The van der Waals surface area contributed by atoms with Crippen LogP contribution in [0.5, 0.6) is 0 Å². The van der Waals surface area contributed by atoms with Crippen molar-refractivity contribution in [1.29, 1.82) is 0 Å². The molecule has 4 aliphatic rings. The van der Waals surface area contributed by atoms with E-state index < -0.39 is 0 Å². The van der Waals surface area contributed by atoms with Crippen LogP contribution in [0.2, 0.25) is 0 Å². The van der Waals surface area contributed by atoms with Crippen molar-refractivity contribution in [2.75, 3.05) is 0 Å². The summed E-state index contributed by atoms with van der Waals surface area (Å²) in [5, 5.41) is 0. The fraction of sp³-hybridized carbons (Fsp3) is 0.833. The summed E-state index contributed by atoms with van der Waals surface area (Å²) in [7, 11) is 0. The maximum absolute atomic E-state index is 12.6. The Morgan fingerprint density at radius 1 is 0.885 bits per heavy atom. The van der Waals surface area contributed by atoms with Gasteiger partial charge in [-0.1, -0.05) is 45.8 Å². The van der Waals surface area contributed by atoms with E-state index in [1.165, 1.54) is 0 Å². The second-order valence-electron chi connectivity index (χ2n) is 11.1. The van der Waals surface area contributed by atoms with Gasteiger partial charge in [-0.15, -0.1) is 0 Å². The average molecular weight is 357 g/mol. The lowest BCUT2D eigenvalue weighted by Gasteiger charge is -2.60. The van der Waals surface area contributed by atoms with Gasteiger partial charge in [0, 0.05) is 17.8 Å². The molecule has 0 aromatic rings. The molecule has 0 N–H and O–H groups in total. The molecular weight excluding hydrogens is 320 g/mol. The number of carbonyl (C=O) groups excluding carboxylic acids is 2. The smallest absolute Gasteiger partial charge is 0.138 e. The van der Waals surface area contributed by atoms with Gasteiger partial charge < -0.3 is 0 Å². The Hall–Kier alpha value is -0.920. The monoisotopic (exact) mass is 356 g/mol. The van der Waals surface area contributed by atoms with Crippen molar-refractivity contribution in [3.05, 3.63) is 11.1 Å². The first-order valence-corrected chi connectivity index (χ1v) is 10.8. The van der Waals surface area contributed by atoms with Crippen LogP contribution in [0.1, 0.15) is 92.9 Å². The van der Waals surface area contributed by atoms with Crippen LogP contribution in [-0.4, -0.2) is 11.6 Å². The summed E-state index contributed by atoms with van der Waals surface area (Å²) in [6.07, 6.45) is 8.56. The van der Waals surface area contributed by atoms with E-state index in [1.54, 1.807) is 18.1 Å². The normalized spacial score (nSPS) is 47.2. The summed E-state index contributed by atoms with van der Waals surface area (Å²) in [5.74, 6) is 1.57. The number of fused-ring (bicyclic) bond motifs is 4. The Morgan fingerprint density at radius 3 is 2.23 bits per heavy atom. The van der Waals surface area contributed by atoms with Gasteiger partial charge in [0.15, 0.2) is 0 Å². The molecule has 2 fully saturated rings. The van der Waals surface area contributed by atoms with Crippen molar-refractivity contribution in [2.24, 2.45) is 33.5 Å². The van der Waals surface area contributed by atoms with Crippen LogP contribution in [0, 0.1) is 33.5 Å². The van der Waals surface area contributed by atoms with Gasteiger partial charge in [-0.3, -0.25) is 9.59 Å². The quantitative estimate of drug-likeness (QED) is 0.549. The fourth-order valence-corrected chi connectivity index (χ4v) is 8.13. The lowest BCUT2D eigenvalue weighted by molar-refractivity contribution is -0.140. The third-order valence-electron chi connectivity index (χ3n) is 9.98. The molecule has 0 aromatic carbocycles. The van der Waals surface area contributed by atoms with Crippen LogP contribution in [0.3, 0.4) is 0 Å². The Bertz CT molecular complexity index is 714. The van der Waals surface area contributed by atoms with Crippen LogP contribution in [0.25, 0.3) is 0 Å². The summed E-state index contributed by atoms with van der Waals surface area (Å²) in [6, 6.07) is 0. The first kappa shape index (κ1) is 18.4. The number of allylic oxidation sites excluding steroid dienone is 2. The van der Waals surface area contributed by atoms with Crippen LogP contribution in [-0.2, 0) is 9.59 Å². The fourth-order valence-electron chi connectivity index (χ4n) is 8.13. The average Bonchev–Trinajstić information content (AvgIpc) is 2.84. The zero-order chi connectivity index (χ0) is 19.1. The first-order chi connectivity index (χ1) is 12.0. The highest BCUT2D eigenvalue weighted by Gasteiger charge is 2.63. The Labute approximate surface area is 159 Å². The van der Waals surface area contributed by atoms with E-state index >= 15 is 0 Å². The molecule has 2 heteroatoms. The Balaban J connectivity index is 1.82. The second kappa shape index (κ2) is 5.32. The third-order valence-corrected chi connectivity index (χ3v) is 9.98. The van der Waals surface area contributed by atoms with Crippen LogP contribution in [0.4, 0.5) is 0 Å². The van der Waals surface area contributed by atoms with Gasteiger partial charge >= 0.3 is 0 Å². The minimum atomic E-state index is -0.190. The minimum absolute atomic E-state index is 0.126. The minimum Gasteiger partial charge on any atom is -0.300 e. The number of hydrogen-bond donors (Lipinski definition) is 0. The number of ketones is 2. The molecule has 2 saturated carbocycles. The molecule has 26 heavy (non-hydrogen) atoms. The highest BCUT2D eigenvalue weighted by Crippen LogP contribution is 2.71. The molecule has 5 atom stereocenters. The highest BCUT2D eigenvalue weighted by atomic mass is 16.1. The Kier molecular flexibility index (Phi) is 3.78. The second-order valence-corrected chi connectivity index (χ2v) is 11.1. The largest absolute Gasteiger partial charge is 0.300 e. The molecule has 0 bridgehead atoms. The van der Waals surface area contributed by atoms with E-state index in [9.17, 15) is 9.59 Å². The van der Waals surface area contributed by atoms with Gasteiger partial charge in [-0.25, -0.2) is 0 Å². The first-order valence-electron chi connectivity index (χ1n) is 10.8. The molecule has 0 unspecified atom stereocenters. The van der Waals surface area contributed by atoms with Crippen LogP contribution < -0.4 is 0 Å². The maximum Gasteiger partial charge on any atom is 0.138 e. The Morgan fingerprint density at radius 2 is 1.58 bits per heavy atom. The number of hydrogen-bond acceptors (Lipinski definition) is 2. The van der Waals surface area contributed by atoms with E-state index in [0.29, 0.717) is 17.5 Å². The molecule has 0 heterocycles. The molecule has 4 rings (SSSR count). The van der Waals surface area contributed by atoms with E-state index in [0.717, 1.165) is 51.4 Å². The van der Waals surface area contributed by atoms with Gasteiger partial charge in [0.2, 0.25) is 0 Å². The third kappa shape index (κ3) is 2.00. The van der Waals surface area contributed by atoms with Gasteiger partial charge in [0.05, 0.1) is 0 Å². The lowest BCUT2D eigenvalue weighted by Crippen LogP contribution is -2.53. The summed E-state index contributed by atoms with van der Waals surface area (Å²) >= 11 is 0. The molecule has 0 spiro atoms. The van der Waals surface area contributed by atoms with Gasteiger partial charge in [-0.2, -0.15) is 0 Å². The molecular formula is C24H36O2. The maximum atomic E-state index is 12.6. The lowest BCUT2D eigenvalue weighted by atomic mass is 9.43. The van der Waals surface area contributed by atoms with Crippen molar-refractivity contribution in [2.45, 2.75) is 92.9 Å². The molecule has 0 saturated heterocycles. The molecule has 4 aliphatic carbocycles. The van der Waals surface area contributed by atoms with Crippen molar-refractivity contribution >= 4 is 11.6 Å². The molecule has 2 nitrogen and oxygen atoms in total. The summed E-state index contributed by atoms with van der Waals surface area (Å²) in [4.78, 5) is 25.0. The van der Waals surface area contributed by atoms with E-state index in [-0.39, 0.29) is 27.6 Å². The number of carbonyl (C=O) groups is 2. The summed E-state index contributed by atoms with van der Waals surface area (Å²) in [6.45, 7) is 13.5. The summed E-state index contributed by atoms with van der Waals surface area (Å²) in [5.41, 5.74) is 3.68. The molecule has 0 radical (unpaired) electrons.